The summed E-state index contributed by atoms with van der Waals surface area (Å²) >= 11 is 0. The number of ether oxygens (including phenoxy) is 1. The fraction of sp³-hybridized carbons (Fsp3) is 0.417. The van der Waals surface area contributed by atoms with Crippen LogP contribution in [0.15, 0.2) is 18.2 Å². The summed E-state index contributed by atoms with van der Waals surface area (Å²) in [7, 11) is 0. The lowest BCUT2D eigenvalue weighted by Gasteiger charge is -2.12. The minimum Gasteiger partial charge on any atom is -0.493 e. The molecule has 0 spiro atoms. The lowest BCUT2D eigenvalue weighted by molar-refractivity contribution is -0.138. The number of carboxylic acids is 1. The fourth-order valence-electron chi connectivity index (χ4n) is 1.44. The summed E-state index contributed by atoms with van der Waals surface area (Å²) in [5.74, 6) is -0.176. The van der Waals surface area contributed by atoms with Crippen molar-refractivity contribution >= 4 is 5.97 Å². The van der Waals surface area contributed by atoms with Crippen molar-refractivity contribution in [3.63, 3.8) is 0 Å². The van der Waals surface area contributed by atoms with Gasteiger partial charge in [0.15, 0.2) is 0 Å². The first-order valence-electron chi connectivity index (χ1n) is 5.19. The molecule has 0 saturated carbocycles. The SMILES string of the molecule is Cc1cccc(C)c1OCCC(N)C(=O)O. The molecule has 4 heteroatoms. The Hall–Kier alpha value is -1.55. The van der Waals surface area contributed by atoms with Gasteiger partial charge in [-0.1, -0.05) is 18.2 Å². The molecule has 0 aliphatic rings. The maximum atomic E-state index is 10.5. The number of rotatable bonds is 5. The Morgan fingerprint density at radius 2 is 2.00 bits per heavy atom. The number of hydrogen-bond donors (Lipinski definition) is 2. The molecule has 0 saturated heterocycles. The Balaban J connectivity index is 2.52. The minimum absolute atomic E-state index is 0.309. The van der Waals surface area contributed by atoms with Gasteiger partial charge in [-0.3, -0.25) is 4.79 Å². The van der Waals surface area contributed by atoms with Gasteiger partial charge in [-0.2, -0.15) is 0 Å². The third-order valence-corrected chi connectivity index (χ3v) is 2.40. The summed E-state index contributed by atoms with van der Waals surface area (Å²) in [5, 5.41) is 8.61. The topological polar surface area (TPSA) is 72.5 Å². The zero-order chi connectivity index (χ0) is 12.1. The molecule has 0 amide bonds. The van der Waals surface area contributed by atoms with Crippen LogP contribution >= 0.6 is 0 Å². The van der Waals surface area contributed by atoms with Gasteiger partial charge in [0.2, 0.25) is 0 Å². The smallest absolute Gasteiger partial charge is 0.320 e. The van der Waals surface area contributed by atoms with Gasteiger partial charge in [-0.05, 0) is 25.0 Å². The molecule has 0 radical (unpaired) electrons. The van der Waals surface area contributed by atoms with Gasteiger partial charge in [0, 0.05) is 6.42 Å². The van der Waals surface area contributed by atoms with E-state index in [0.29, 0.717) is 13.0 Å². The summed E-state index contributed by atoms with van der Waals surface area (Å²) in [6.07, 6.45) is 0.309. The van der Waals surface area contributed by atoms with E-state index >= 15 is 0 Å². The first-order valence-corrected chi connectivity index (χ1v) is 5.19. The molecule has 16 heavy (non-hydrogen) atoms. The molecular weight excluding hydrogens is 206 g/mol. The number of hydrogen-bond acceptors (Lipinski definition) is 3. The number of para-hydroxylation sites is 1. The molecule has 0 heterocycles. The molecule has 1 unspecified atom stereocenters. The van der Waals surface area contributed by atoms with Crippen LogP contribution < -0.4 is 10.5 Å². The van der Waals surface area contributed by atoms with Crippen LogP contribution in [-0.2, 0) is 4.79 Å². The van der Waals surface area contributed by atoms with Crippen molar-refractivity contribution < 1.29 is 14.6 Å². The molecule has 1 aromatic carbocycles. The van der Waals surface area contributed by atoms with E-state index in [1.165, 1.54) is 0 Å². The Kier molecular flexibility index (Phi) is 4.31. The van der Waals surface area contributed by atoms with E-state index in [4.69, 9.17) is 15.6 Å². The van der Waals surface area contributed by atoms with Crippen LogP contribution in [0.5, 0.6) is 5.75 Å². The third-order valence-electron chi connectivity index (χ3n) is 2.40. The molecule has 1 atom stereocenters. The van der Waals surface area contributed by atoms with Gasteiger partial charge < -0.3 is 15.6 Å². The second-order valence-electron chi connectivity index (χ2n) is 3.80. The number of benzene rings is 1. The number of carboxylic acid groups (broad SMARTS) is 1. The summed E-state index contributed by atoms with van der Waals surface area (Å²) < 4.78 is 5.55. The van der Waals surface area contributed by atoms with Crippen LogP contribution in [0.2, 0.25) is 0 Å². The standard InChI is InChI=1S/C12H17NO3/c1-8-4-3-5-9(2)11(8)16-7-6-10(13)12(14)15/h3-5,10H,6-7,13H2,1-2H3,(H,14,15). The van der Waals surface area contributed by atoms with Crippen molar-refractivity contribution in [2.75, 3.05) is 6.61 Å². The Labute approximate surface area is 95.0 Å². The molecule has 0 bridgehead atoms. The third kappa shape index (κ3) is 3.24. The van der Waals surface area contributed by atoms with Gasteiger partial charge in [-0.15, -0.1) is 0 Å². The van der Waals surface area contributed by atoms with Gasteiger partial charge in [0.1, 0.15) is 11.8 Å². The summed E-state index contributed by atoms with van der Waals surface area (Å²) in [4.78, 5) is 10.5. The number of nitrogens with two attached hydrogens (primary N) is 1. The lowest BCUT2D eigenvalue weighted by atomic mass is 10.1. The molecule has 0 aliphatic carbocycles. The normalized spacial score (nSPS) is 12.2. The number of aryl methyl sites for hydroxylation is 2. The van der Waals surface area contributed by atoms with Crippen LogP contribution in [0, 0.1) is 13.8 Å². The van der Waals surface area contributed by atoms with E-state index in [1.54, 1.807) is 0 Å². The van der Waals surface area contributed by atoms with Crippen LogP contribution in [-0.4, -0.2) is 23.7 Å². The molecule has 1 rings (SSSR count). The molecule has 0 aliphatic heterocycles. The molecule has 1 aromatic rings. The van der Waals surface area contributed by atoms with E-state index in [-0.39, 0.29) is 0 Å². The predicted molar refractivity (Wildman–Crippen MR) is 61.6 cm³/mol. The fourth-order valence-corrected chi connectivity index (χ4v) is 1.44. The lowest BCUT2D eigenvalue weighted by Crippen LogP contribution is -2.31. The van der Waals surface area contributed by atoms with Gasteiger partial charge >= 0.3 is 5.97 Å². The maximum absolute atomic E-state index is 10.5. The Morgan fingerprint density at radius 3 is 2.50 bits per heavy atom. The van der Waals surface area contributed by atoms with Gasteiger partial charge in [0.05, 0.1) is 6.61 Å². The maximum Gasteiger partial charge on any atom is 0.320 e. The first kappa shape index (κ1) is 12.5. The monoisotopic (exact) mass is 223 g/mol. The number of aliphatic carboxylic acids is 1. The zero-order valence-electron chi connectivity index (χ0n) is 9.56. The van der Waals surface area contributed by atoms with Crippen molar-refractivity contribution in [2.45, 2.75) is 26.3 Å². The van der Waals surface area contributed by atoms with Crippen molar-refractivity contribution in [2.24, 2.45) is 5.73 Å². The summed E-state index contributed by atoms with van der Waals surface area (Å²) in [6.45, 7) is 4.23. The summed E-state index contributed by atoms with van der Waals surface area (Å²) in [5.41, 5.74) is 7.47. The number of carbonyl (C=O) groups is 1. The molecule has 88 valence electrons. The van der Waals surface area contributed by atoms with Crippen molar-refractivity contribution in [3.05, 3.63) is 29.3 Å². The second kappa shape index (κ2) is 5.51. The highest BCUT2D eigenvalue weighted by atomic mass is 16.5. The minimum atomic E-state index is -0.995. The van der Waals surface area contributed by atoms with Crippen LogP contribution in [0.3, 0.4) is 0 Å². The Bertz CT molecular complexity index is 356. The Morgan fingerprint density at radius 1 is 1.44 bits per heavy atom. The predicted octanol–water partition coefficient (Wildman–Crippen LogP) is 1.48. The highest BCUT2D eigenvalue weighted by Crippen LogP contribution is 2.22. The molecule has 3 N–H and O–H groups in total. The average Bonchev–Trinajstić information content (AvgIpc) is 2.22. The van der Waals surface area contributed by atoms with Crippen LogP contribution in [0.4, 0.5) is 0 Å². The van der Waals surface area contributed by atoms with E-state index in [0.717, 1.165) is 16.9 Å². The van der Waals surface area contributed by atoms with Crippen molar-refractivity contribution in [3.8, 4) is 5.75 Å². The highest BCUT2D eigenvalue weighted by Gasteiger charge is 2.11. The van der Waals surface area contributed by atoms with Crippen molar-refractivity contribution in [1.29, 1.82) is 0 Å². The van der Waals surface area contributed by atoms with Crippen LogP contribution in [0.1, 0.15) is 17.5 Å². The van der Waals surface area contributed by atoms with Crippen molar-refractivity contribution in [1.82, 2.24) is 0 Å². The van der Waals surface area contributed by atoms with Crippen LogP contribution in [0.25, 0.3) is 0 Å². The summed E-state index contributed by atoms with van der Waals surface area (Å²) in [6, 6.07) is 5.02. The molecule has 0 aromatic heterocycles. The second-order valence-corrected chi connectivity index (χ2v) is 3.80. The van der Waals surface area contributed by atoms with E-state index < -0.39 is 12.0 Å². The average molecular weight is 223 g/mol. The largest absolute Gasteiger partial charge is 0.493 e. The molecule has 0 fully saturated rings. The molecular formula is C12H17NO3. The molecule has 4 nitrogen and oxygen atoms in total. The van der Waals surface area contributed by atoms with E-state index in [1.807, 2.05) is 32.0 Å². The van der Waals surface area contributed by atoms with Gasteiger partial charge in [-0.25, -0.2) is 0 Å². The first-order chi connectivity index (χ1) is 7.52. The quantitative estimate of drug-likeness (QED) is 0.793. The highest BCUT2D eigenvalue weighted by molar-refractivity contribution is 5.72. The van der Waals surface area contributed by atoms with E-state index in [9.17, 15) is 4.79 Å². The van der Waals surface area contributed by atoms with E-state index in [2.05, 4.69) is 0 Å². The van der Waals surface area contributed by atoms with Gasteiger partial charge in [0.25, 0.3) is 0 Å². The zero-order valence-corrected chi connectivity index (χ0v) is 9.56.